The standard InChI is InChI=1S/C15H21BrO2/c1-10(7-8-16)5-6-12-11(2)14(18)13(17)9-15(12,3)4/h5-7,11-12H,8-9H2,1-4H3/b6-5+,10-7?. The minimum absolute atomic E-state index is 0.126. The lowest BCUT2D eigenvalue weighted by Crippen LogP contribution is -2.43. The molecule has 1 aliphatic rings. The molecule has 0 saturated heterocycles. The van der Waals surface area contributed by atoms with Crippen molar-refractivity contribution in [3.05, 3.63) is 23.8 Å². The Morgan fingerprint density at radius 1 is 1.44 bits per heavy atom. The average molecular weight is 313 g/mol. The molecule has 0 amide bonds. The second-order valence-corrected chi connectivity index (χ2v) is 6.38. The highest BCUT2D eigenvalue weighted by atomic mass is 79.9. The van der Waals surface area contributed by atoms with Gasteiger partial charge in [-0.1, -0.05) is 60.5 Å². The predicted octanol–water partition coefficient (Wildman–Crippen LogP) is 3.70. The third kappa shape index (κ3) is 3.41. The zero-order valence-electron chi connectivity index (χ0n) is 11.5. The van der Waals surface area contributed by atoms with Crippen molar-refractivity contribution in [2.45, 2.75) is 34.1 Å². The first-order valence-corrected chi connectivity index (χ1v) is 7.39. The molecule has 0 spiro atoms. The van der Waals surface area contributed by atoms with Crippen LogP contribution in [0.1, 0.15) is 34.1 Å². The molecule has 0 bridgehead atoms. The van der Waals surface area contributed by atoms with Crippen LogP contribution in [-0.2, 0) is 9.59 Å². The molecule has 1 saturated carbocycles. The predicted molar refractivity (Wildman–Crippen MR) is 77.8 cm³/mol. The Hall–Kier alpha value is -0.700. The number of alkyl halides is 1. The van der Waals surface area contributed by atoms with E-state index in [0.29, 0.717) is 6.42 Å². The second kappa shape index (κ2) is 5.96. The van der Waals surface area contributed by atoms with Gasteiger partial charge >= 0.3 is 0 Å². The topological polar surface area (TPSA) is 34.1 Å². The maximum absolute atomic E-state index is 11.8. The Balaban J connectivity index is 2.94. The van der Waals surface area contributed by atoms with Crippen LogP contribution in [0.3, 0.4) is 0 Å². The SMILES string of the molecule is CC(=CCBr)/C=C/C1C(C)C(=O)C(=O)CC1(C)C. The van der Waals surface area contributed by atoms with Crippen molar-refractivity contribution < 1.29 is 9.59 Å². The molecule has 0 aromatic carbocycles. The molecule has 1 aliphatic carbocycles. The highest BCUT2D eigenvalue weighted by Crippen LogP contribution is 2.41. The molecular weight excluding hydrogens is 292 g/mol. The number of hydrogen-bond donors (Lipinski definition) is 0. The Labute approximate surface area is 118 Å². The largest absolute Gasteiger partial charge is 0.291 e. The van der Waals surface area contributed by atoms with Gasteiger partial charge in [0.15, 0.2) is 5.78 Å². The summed E-state index contributed by atoms with van der Waals surface area (Å²) in [7, 11) is 0. The van der Waals surface area contributed by atoms with Gasteiger partial charge in [-0.2, -0.15) is 0 Å². The van der Waals surface area contributed by atoms with Crippen LogP contribution in [0.25, 0.3) is 0 Å². The molecule has 0 heterocycles. The van der Waals surface area contributed by atoms with Crippen molar-refractivity contribution in [2.75, 3.05) is 5.33 Å². The number of allylic oxidation sites excluding steroid dienone is 4. The fraction of sp³-hybridized carbons (Fsp3) is 0.600. The summed E-state index contributed by atoms with van der Waals surface area (Å²) < 4.78 is 0. The van der Waals surface area contributed by atoms with Crippen molar-refractivity contribution in [1.29, 1.82) is 0 Å². The molecule has 2 atom stereocenters. The minimum Gasteiger partial charge on any atom is -0.291 e. The van der Waals surface area contributed by atoms with Crippen molar-refractivity contribution in [2.24, 2.45) is 17.3 Å². The smallest absolute Gasteiger partial charge is 0.201 e. The van der Waals surface area contributed by atoms with E-state index in [9.17, 15) is 9.59 Å². The summed E-state index contributed by atoms with van der Waals surface area (Å²) >= 11 is 3.36. The summed E-state index contributed by atoms with van der Waals surface area (Å²) in [6.07, 6.45) is 6.56. The van der Waals surface area contributed by atoms with E-state index in [-0.39, 0.29) is 28.8 Å². The van der Waals surface area contributed by atoms with Crippen LogP contribution in [0.4, 0.5) is 0 Å². The van der Waals surface area contributed by atoms with Gasteiger partial charge in [-0.3, -0.25) is 9.59 Å². The maximum Gasteiger partial charge on any atom is 0.201 e. The molecule has 0 aliphatic heterocycles. The van der Waals surface area contributed by atoms with E-state index >= 15 is 0 Å². The van der Waals surface area contributed by atoms with Crippen LogP contribution in [0, 0.1) is 17.3 Å². The number of hydrogen-bond acceptors (Lipinski definition) is 2. The number of ketones is 2. The number of carbonyl (C=O) groups excluding carboxylic acids is 2. The zero-order valence-corrected chi connectivity index (χ0v) is 13.1. The number of rotatable bonds is 3. The second-order valence-electron chi connectivity index (χ2n) is 5.73. The zero-order chi connectivity index (χ0) is 13.9. The summed E-state index contributed by atoms with van der Waals surface area (Å²) in [6, 6.07) is 0. The molecule has 1 rings (SSSR count). The van der Waals surface area contributed by atoms with Gasteiger partial charge in [0, 0.05) is 17.7 Å². The third-order valence-electron chi connectivity index (χ3n) is 3.71. The van der Waals surface area contributed by atoms with Crippen molar-refractivity contribution >= 4 is 27.5 Å². The molecule has 0 radical (unpaired) electrons. The summed E-state index contributed by atoms with van der Waals surface area (Å²) in [6.45, 7) is 8.02. The van der Waals surface area contributed by atoms with E-state index in [1.165, 1.54) is 5.57 Å². The van der Waals surface area contributed by atoms with Crippen LogP contribution in [0.5, 0.6) is 0 Å². The normalized spacial score (nSPS) is 29.1. The summed E-state index contributed by atoms with van der Waals surface area (Å²) in [5.74, 6) is -0.522. The molecule has 100 valence electrons. The van der Waals surface area contributed by atoms with Crippen LogP contribution in [0.2, 0.25) is 0 Å². The average Bonchev–Trinajstić information content (AvgIpc) is 2.25. The van der Waals surface area contributed by atoms with Gasteiger partial charge in [0.25, 0.3) is 0 Å². The first kappa shape index (κ1) is 15.4. The molecule has 0 N–H and O–H groups in total. The van der Waals surface area contributed by atoms with Crippen molar-refractivity contribution in [3.63, 3.8) is 0 Å². The van der Waals surface area contributed by atoms with Gasteiger partial charge in [-0.05, 0) is 18.3 Å². The summed E-state index contributed by atoms with van der Waals surface area (Å²) in [5.41, 5.74) is 1.02. The fourth-order valence-electron chi connectivity index (χ4n) is 2.58. The molecule has 0 aromatic rings. The van der Waals surface area contributed by atoms with Crippen molar-refractivity contribution in [3.8, 4) is 0 Å². The highest BCUT2D eigenvalue weighted by Gasteiger charge is 2.44. The van der Waals surface area contributed by atoms with Crippen LogP contribution < -0.4 is 0 Å². The van der Waals surface area contributed by atoms with Gasteiger partial charge in [0.05, 0.1) is 0 Å². The monoisotopic (exact) mass is 312 g/mol. The van der Waals surface area contributed by atoms with Gasteiger partial charge in [0.1, 0.15) is 0 Å². The lowest BCUT2D eigenvalue weighted by Gasteiger charge is -2.39. The number of carbonyl (C=O) groups is 2. The Morgan fingerprint density at radius 2 is 2.06 bits per heavy atom. The number of halogens is 1. The lowest BCUT2D eigenvalue weighted by atomic mass is 9.63. The molecule has 2 nitrogen and oxygen atoms in total. The summed E-state index contributed by atoms with van der Waals surface area (Å²) in [5, 5.41) is 0.824. The van der Waals surface area contributed by atoms with Gasteiger partial charge in [-0.15, -0.1) is 0 Å². The van der Waals surface area contributed by atoms with Crippen LogP contribution in [-0.4, -0.2) is 16.9 Å². The molecule has 1 fully saturated rings. The highest BCUT2D eigenvalue weighted by molar-refractivity contribution is 9.09. The van der Waals surface area contributed by atoms with Crippen LogP contribution >= 0.6 is 15.9 Å². The first-order chi connectivity index (χ1) is 8.29. The van der Waals surface area contributed by atoms with Gasteiger partial charge < -0.3 is 0 Å². The molecule has 2 unspecified atom stereocenters. The molecule has 0 aromatic heterocycles. The fourth-order valence-corrected chi connectivity index (χ4v) is 3.10. The Kier molecular flexibility index (Phi) is 5.09. The maximum atomic E-state index is 11.8. The van der Waals surface area contributed by atoms with E-state index in [0.717, 1.165) is 5.33 Å². The number of Topliss-reactive ketones (excluding diaryl/α,β-unsaturated/α-hetero) is 2. The molecular formula is C15H21BrO2. The molecule has 18 heavy (non-hydrogen) atoms. The van der Waals surface area contributed by atoms with Gasteiger partial charge in [0.2, 0.25) is 5.78 Å². The quantitative estimate of drug-likeness (QED) is 0.452. The minimum atomic E-state index is -0.218. The molecule has 3 heteroatoms. The van der Waals surface area contributed by atoms with Crippen molar-refractivity contribution in [1.82, 2.24) is 0 Å². The van der Waals surface area contributed by atoms with E-state index in [1.807, 2.05) is 19.9 Å². The van der Waals surface area contributed by atoms with E-state index in [1.54, 1.807) is 0 Å². The third-order valence-corrected chi connectivity index (χ3v) is 4.03. The summed E-state index contributed by atoms with van der Waals surface area (Å²) in [4.78, 5) is 23.4. The Morgan fingerprint density at radius 3 is 2.61 bits per heavy atom. The van der Waals surface area contributed by atoms with E-state index < -0.39 is 0 Å². The van der Waals surface area contributed by atoms with Crippen LogP contribution in [0.15, 0.2) is 23.8 Å². The Bertz CT molecular complexity index is 405. The van der Waals surface area contributed by atoms with E-state index in [4.69, 9.17) is 0 Å². The lowest BCUT2D eigenvalue weighted by molar-refractivity contribution is -0.145. The van der Waals surface area contributed by atoms with Gasteiger partial charge in [-0.25, -0.2) is 0 Å². The first-order valence-electron chi connectivity index (χ1n) is 6.27. The van der Waals surface area contributed by atoms with E-state index in [2.05, 4.69) is 41.9 Å².